The van der Waals surface area contributed by atoms with Gasteiger partial charge in [0.2, 0.25) is 0 Å². The molecule has 0 amide bonds. The van der Waals surface area contributed by atoms with Gasteiger partial charge in [-0.05, 0) is 41.8 Å². The Bertz CT molecular complexity index is 1010. The number of ether oxygens (including phenoxy) is 2. The summed E-state index contributed by atoms with van der Waals surface area (Å²) < 4.78 is 12.5. The van der Waals surface area contributed by atoms with Gasteiger partial charge in [0.25, 0.3) is 0 Å². The Kier molecular flexibility index (Phi) is 5.58. The lowest BCUT2D eigenvalue weighted by Crippen LogP contribution is -2.12. The van der Waals surface area contributed by atoms with Gasteiger partial charge in [-0.3, -0.25) is 9.36 Å². The summed E-state index contributed by atoms with van der Waals surface area (Å²) >= 11 is 1.41. The Balaban J connectivity index is 1.85. The van der Waals surface area contributed by atoms with Gasteiger partial charge in [-0.15, -0.1) is 10.2 Å². The number of esters is 1. The summed E-state index contributed by atoms with van der Waals surface area (Å²) in [5.74, 6) is 1.65. The fraction of sp³-hybridized carbons (Fsp3) is 0.318. The molecule has 0 radical (unpaired) electrons. The Hall–Kier alpha value is -2.80. The number of rotatable bonds is 6. The standard InChI is InChI=1S/C22H23N3O3S/c1-14(2)17-6-4-5-7-18(17)25-20(15-8-10-16(27-3)11-9-15)23-24-22(25)29-19-12-13-28-21(19)26/h4-11,14,19H,12-13H2,1-3H3. The number of methoxy groups -OCH3 is 1. The topological polar surface area (TPSA) is 66.2 Å². The van der Waals surface area contributed by atoms with Gasteiger partial charge in [-0.1, -0.05) is 43.8 Å². The van der Waals surface area contributed by atoms with Crippen LogP contribution in [0.2, 0.25) is 0 Å². The molecule has 150 valence electrons. The lowest BCUT2D eigenvalue weighted by Gasteiger charge is -2.17. The van der Waals surface area contributed by atoms with E-state index in [1.807, 2.05) is 41.0 Å². The molecule has 6 nitrogen and oxygen atoms in total. The van der Waals surface area contributed by atoms with Crippen LogP contribution in [0.1, 0.15) is 31.7 Å². The van der Waals surface area contributed by atoms with E-state index in [-0.39, 0.29) is 11.2 Å². The number of thioether (sulfide) groups is 1. The van der Waals surface area contributed by atoms with E-state index in [2.05, 4.69) is 36.2 Å². The maximum atomic E-state index is 12.0. The van der Waals surface area contributed by atoms with E-state index in [9.17, 15) is 4.79 Å². The third-order valence-electron chi connectivity index (χ3n) is 4.92. The minimum atomic E-state index is -0.257. The maximum Gasteiger partial charge on any atom is 0.319 e. The molecule has 2 heterocycles. The van der Waals surface area contributed by atoms with Crippen LogP contribution in [0, 0.1) is 0 Å². The zero-order chi connectivity index (χ0) is 20.4. The number of benzene rings is 2. The average Bonchev–Trinajstić information content (AvgIpc) is 3.34. The molecule has 2 aromatic carbocycles. The maximum absolute atomic E-state index is 12.0. The predicted molar refractivity (Wildman–Crippen MR) is 113 cm³/mol. The van der Waals surface area contributed by atoms with Gasteiger partial charge in [0.15, 0.2) is 11.0 Å². The van der Waals surface area contributed by atoms with Crippen LogP contribution in [-0.4, -0.2) is 39.7 Å². The quantitative estimate of drug-likeness (QED) is 0.560. The van der Waals surface area contributed by atoms with E-state index in [0.717, 1.165) is 22.8 Å². The molecule has 1 saturated heterocycles. The molecule has 1 atom stereocenters. The number of aromatic nitrogens is 3. The second kappa shape index (κ2) is 8.29. The number of carbonyl (C=O) groups excluding carboxylic acids is 1. The van der Waals surface area contributed by atoms with Crippen molar-refractivity contribution in [2.24, 2.45) is 0 Å². The van der Waals surface area contributed by atoms with Crippen molar-refractivity contribution in [2.45, 2.75) is 36.6 Å². The molecule has 1 aromatic heterocycles. The summed E-state index contributed by atoms with van der Waals surface area (Å²) in [6.07, 6.45) is 0.681. The van der Waals surface area contributed by atoms with Crippen LogP contribution < -0.4 is 4.74 Å². The molecule has 1 fully saturated rings. The van der Waals surface area contributed by atoms with Crippen molar-refractivity contribution >= 4 is 17.7 Å². The van der Waals surface area contributed by atoms with Crippen molar-refractivity contribution < 1.29 is 14.3 Å². The van der Waals surface area contributed by atoms with Crippen LogP contribution in [0.25, 0.3) is 17.1 Å². The first-order chi connectivity index (χ1) is 14.1. The second-order valence-corrected chi connectivity index (χ2v) is 8.32. The molecule has 29 heavy (non-hydrogen) atoms. The summed E-state index contributed by atoms with van der Waals surface area (Å²) in [4.78, 5) is 12.0. The van der Waals surface area contributed by atoms with E-state index in [0.29, 0.717) is 24.1 Å². The highest BCUT2D eigenvalue weighted by atomic mass is 32.2. The average molecular weight is 410 g/mol. The molecule has 0 saturated carbocycles. The van der Waals surface area contributed by atoms with Crippen LogP contribution in [0.15, 0.2) is 53.7 Å². The summed E-state index contributed by atoms with van der Waals surface area (Å²) in [6.45, 7) is 4.79. The van der Waals surface area contributed by atoms with E-state index in [1.165, 1.54) is 17.3 Å². The molecule has 0 aliphatic carbocycles. The van der Waals surface area contributed by atoms with Crippen LogP contribution in [0.4, 0.5) is 0 Å². The Morgan fingerprint density at radius 3 is 2.55 bits per heavy atom. The van der Waals surface area contributed by atoms with Gasteiger partial charge in [-0.25, -0.2) is 0 Å². The van der Waals surface area contributed by atoms with Crippen molar-refractivity contribution in [1.29, 1.82) is 0 Å². The number of carbonyl (C=O) groups is 1. The predicted octanol–water partition coefficient (Wildman–Crippen LogP) is 4.47. The lowest BCUT2D eigenvalue weighted by molar-refractivity contribution is -0.137. The smallest absolute Gasteiger partial charge is 0.319 e. The summed E-state index contributed by atoms with van der Waals surface area (Å²) in [5, 5.41) is 9.36. The zero-order valence-electron chi connectivity index (χ0n) is 16.7. The SMILES string of the molecule is COc1ccc(-c2nnc(SC3CCOC3=O)n2-c2ccccc2C(C)C)cc1. The molecule has 1 unspecified atom stereocenters. The van der Waals surface area contributed by atoms with Crippen LogP contribution in [0.3, 0.4) is 0 Å². The molecule has 0 N–H and O–H groups in total. The first kappa shape index (κ1) is 19.5. The van der Waals surface area contributed by atoms with E-state index in [1.54, 1.807) is 7.11 Å². The van der Waals surface area contributed by atoms with Crippen molar-refractivity contribution in [3.05, 3.63) is 54.1 Å². The van der Waals surface area contributed by atoms with Crippen LogP contribution >= 0.6 is 11.8 Å². The fourth-order valence-corrected chi connectivity index (χ4v) is 4.39. The Morgan fingerprint density at radius 1 is 1.14 bits per heavy atom. The van der Waals surface area contributed by atoms with E-state index in [4.69, 9.17) is 9.47 Å². The first-order valence-electron chi connectivity index (χ1n) is 9.61. The highest BCUT2D eigenvalue weighted by Gasteiger charge is 2.31. The van der Waals surface area contributed by atoms with Crippen LogP contribution in [0.5, 0.6) is 5.75 Å². The summed E-state index contributed by atoms with van der Waals surface area (Å²) in [6, 6.07) is 16.0. The van der Waals surface area contributed by atoms with Gasteiger partial charge in [0, 0.05) is 12.0 Å². The molecule has 3 aromatic rings. The molecule has 7 heteroatoms. The van der Waals surface area contributed by atoms with Crippen molar-refractivity contribution in [3.8, 4) is 22.8 Å². The summed E-state index contributed by atoms with van der Waals surface area (Å²) in [7, 11) is 1.64. The van der Waals surface area contributed by atoms with Gasteiger partial charge in [0.05, 0.1) is 19.4 Å². The van der Waals surface area contributed by atoms with Crippen molar-refractivity contribution in [3.63, 3.8) is 0 Å². The lowest BCUT2D eigenvalue weighted by atomic mass is 10.0. The molecule has 1 aliphatic rings. The molecule has 0 bridgehead atoms. The van der Waals surface area contributed by atoms with Gasteiger partial charge >= 0.3 is 5.97 Å². The van der Waals surface area contributed by atoms with Gasteiger partial charge in [0.1, 0.15) is 11.0 Å². The molecular weight excluding hydrogens is 386 g/mol. The monoisotopic (exact) mass is 409 g/mol. The molecular formula is C22H23N3O3S. The fourth-order valence-electron chi connectivity index (χ4n) is 3.38. The highest BCUT2D eigenvalue weighted by Crippen LogP contribution is 2.35. The van der Waals surface area contributed by atoms with E-state index < -0.39 is 0 Å². The zero-order valence-corrected chi connectivity index (χ0v) is 17.5. The Labute approximate surface area is 174 Å². The largest absolute Gasteiger partial charge is 0.497 e. The number of cyclic esters (lactones) is 1. The molecule has 4 rings (SSSR count). The third-order valence-corrected chi connectivity index (χ3v) is 6.10. The number of hydrogen-bond donors (Lipinski definition) is 0. The minimum Gasteiger partial charge on any atom is -0.497 e. The Morgan fingerprint density at radius 2 is 1.90 bits per heavy atom. The number of nitrogens with zero attached hydrogens (tertiary/aromatic N) is 3. The second-order valence-electron chi connectivity index (χ2n) is 7.15. The first-order valence-corrected chi connectivity index (χ1v) is 10.5. The normalized spacial score (nSPS) is 16.3. The van der Waals surface area contributed by atoms with Crippen LogP contribution in [-0.2, 0) is 9.53 Å². The van der Waals surface area contributed by atoms with Gasteiger partial charge in [-0.2, -0.15) is 0 Å². The summed E-state index contributed by atoms with van der Waals surface area (Å²) in [5.41, 5.74) is 3.14. The van der Waals surface area contributed by atoms with Crippen molar-refractivity contribution in [1.82, 2.24) is 14.8 Å². The highest BCUT2D eigenvalue weighted by molar-refractivity contribution is 8.00. The molecule has 0 spiro atoms. The van der Waals surface area contributed by atoms with Gasteiger partial charge < -0.3 is 9.47 Å². The van der Waals surface area contributed by atoms with Crippen molar-refractivity contribution in [2.75, 3.05) is 13.7 Å². The number of hydrogen-bond acceptors (Lipinski definition) is 6. The molecule has 1 aliphatic heterocycles. The third kappa shape index (κ3) is 3.87. The number of para-hydroxylation sites is 1. The van der Waals surface area contributed by atoms with E-state index >= 15 is 0 Å². The minimum absolute atomic E-state index is 0.187.